The first-order chi connectivity index (χ1) is 5.27. The molecule has 1 aromatic carbocycles. The van der Waals surface area contributed by atoms with Gasteiger partial charge in [-0.15, -0.1) is 0 Å². The number of nitriles is 1. The molecule has 0 amide bonds. The van der Waals surface area contributed by atoms with E-state index in [-0.39, 0.29) is 0 Å². The fourth-order valence-corrected chi connectivity index (χ4v) is 0.837. The van der Waals surface area contributed by atoms with Crippen molar-refractivity contribution in [2.45, 2.75) is 6.92 Å². The fraction of sp³-hybridized carbons (Fsp3) is 0.111. The van der Waals surface area contributed by atoms with Crippen LogP contribution in [0, 0.1) is 24.8 Å². The minimum Gasteiger partial charge on any atom is -0.237 e. The van der Waals surface area contributed by atoms with Crippen molar-refractivity contribution in [3.8, 4) is 6.07 Å². The lowest BCUT2D eigenvalue weighted by atomic mass is 10.1. The number of nitrogens with zero attached hydrogens (tertiary/aromatic N) is 2. The molecule has 2 heteroatoms. The largest absolute Gasteiger partial charge is 0.237 e. The summed E-state index contributed by atoms with van der Waals surface area (Å²) in [5, 5.41) is 8.58. The molecule has 0 N–H and O–H groups in total. The minimum atomic E-state index is 0.429. The molecule has 0 aromatic heterocycles. The highest BCUT2D eigenvalue weighted by Gasteiger charge is 1.99. The van der Waals surface area contributed by atoms with E-state index in [2.05, 4.69) is 4.85 Å². The summed E-state index contributed by atoms with van der Waals surface area (Å²) in [4.78, 5) is 3.21. The molecule has 1 aromatic rings. The van der Waals surface area contributed by atoms with Crippen LogP contribution in [0.25, 0.3) is 4.85 Å². The quantitative estimate of drug-likeness (QED) is 0.511. The molecule has 1 rings (SSSR count). The number of hydrogen-bond acceptors (Lipinski definition) is 1. The maximum atomic E-state index is 8.58. The maximum absolute atomic E-state index is 8.58. The van der Waals surface area contributed by atoms with E-state index in [1.807, 2.05) is 19.1 Å². The van der Waals surface area contributed by atoms with E-state index in [1.54, 1.807) is 12.1 Å². The molecule has 0 fully saturated rings. The van der Waals surface area contributed by atoms with Gasteiger partial charge in [-0.2, -0.15) is 5.26 Å². The first kappa shape index (κ1) is 7.31. The third-order valence-electron chi connectivity index (χ3n) is 1.39. The second kappa shape index (κ2) is 2.86. The van der Waals surface area contributed by atoms with Gasteiger partial charge in [0.15, 0.2) is 0 Å². The van der Waals surface area contributed by atoms with Gasteiger partial charge in [0.25, 0.3) is 0 Å². The zero-order valence-corrected chi connectivity index (χ0v) is 6.13. The van der Waals surface area contributed by atoms with Crippen LogP contribution in [0.1, 0.15) is 11.1 Å². The highest BCUT2D eigenvalue weighted by atomic mass is 14.6. The molecule has 0 aliphatic rings. The lowest BCUT2D eigenvalue weighted by Crippen LogP contribution is -1.76. The van der Waals surface area contributed by atoms with Crippen molar-refractivity contribution >= 4 is 5.69 Å². The van der Waals surface area contributed by atoms with Crippen LogP contribution < -0.4 is 0 Å². The Morgan fingerprint density at radius 1 is 1.55 bits per heavy atom. The highest BCUT2D eigenvalue weighted by Crippen LogP contribution is 2.18. The van der Waals surface area contributed by atoms with Crippen LogP contribution in [0.4, 0.5) is 5.69 Å². The Bertz CT molecular complexity index is 353. The highest BCUT2D eigenvalue weighted by molar-refractivity contribution is 5.59. The molecule has 0 heterocycles. The summed E-state index contributed by atoms with van der Waals surface area (Å²) in [7, 11) is 0. The van der Waals surface area contributed by atoms with E-state index in [0.717, 1.165) is 5.56 Å². The lowest BCUT2D eigenvalue weighted by molar-refractivity contribution is 1.43. The molecule has 0 saturated heterocycles. The van der Waals surface area contributed by atoms with E-state index in [4.69, 9.17) is 11.8 Å². The Hall–Kier alpha value is -1.80. The molecule has 0 bridgehead atoms. The molecule has 11 heavy (non-hydrogen) atoms. The van der Waals surface area contributed by atoms with Crippen molar-refractivity contribution in [3.63, 3.8) is 0 Å². The van der Waals surface area contributed by atoms with Crippen molar-refractivity contribution in [3.05, 3.63) is 40.7 Å². The van der Waals surface area contributed by atoms with Gasteiger partial charge in [0.2, 0.25) is 5.69 Å². The summed E-state index contributed by atoms with van der Waals surface area (Å²) in [6, 6.07) is 7.18. The third kappa shape index (κ3) is 1.36. The van der Waals surface area contributed by atoms with Crippen LogP contribution in [-0.4, -0.2) is 0 Å². The molecular weight excluding hydrogens is 136 g/mol. The molecule has 0 saturated carbocycles. The van der Waals surface area contributed by atoms with E-state index >= 15 is 0 Å². The van der Waals surface area contributed by atoms with E-state index < -0.39 is 0 Å². The zero-order chi connectivity index (χ0) is 8.27. The molecule has 0 radical (unpaired) electrons. The molecule has 0 spiro atoms. The van der Waals surface area contributed by atoms with Crippen molar-refractivity contribution in [1.29, 1.82) is 5.26 Å². The average molecular weight is 142 g/mol. The molecule has 0 atom stereocenters. The van der Waals surface area contributed by atoms with Crippen molar-refractivity contribution in [1.82, 2.24) is 0 Å². The second-order valence-corrected chi connectivity index (χ2v) is 2.24. The summed E-state index contributed by atoms with van der Waals surface area (Å²) in [5.41, 5.74) is 1.90. The molecule has 0 aliphatic carbocycles. The third-order valence-corrected chi connectivity index (χ3v) is 1.39. The number of aryl methyl sites for hydroxylation is 1. The zero-order valence-electron chi connectivity index (χ0n) is 6.13. The van der Waals surface area contributed by atoms with Gasteiger partial charge in [0, 0.05) is 0 Å². The molecule has 0 aliphatic heterocycles. The Morgan fingerprint density at radius 2 is 2.27 bits per heavy atom. The maximum Gasteiger partial charge on any atom is 0.204 e. The smallest absolute Gasteiger partial charge is 0.204 e. The number of rotatable bonds is 0. The predicted octanol–water partition coefficient (Wildman–Crippen LogP) is 2.42. The van der Waals surface area contributed by atoms with Gasteiger partial charge in [-0.3, -0.25) is 0 Å². The van der Waals surface area contributed by atoms with Crippen LogP contribution >= 0.6 is 0 Å². The van der Waals surface area contributed by atoms with Gasteiger partial charge in [-0.05, 0) is 6.92 Å². The van der Waals surface area contributed by atoms with E-state index in [9.17, 15) is 0 Å². The van der Waals surface area contributed by atoms with Crippen LogP contribution in [-0.2, 0) is 0 Å². The predicted molar refractivity (Wildman–Crippen MR) is 42.2 cm³/mol. The van der Waals surface area contributed by atoms with Crippen molar-refractivity contribution < 1.29 is 0 Å². The van der Waals surface area contributed by atoms with E-state index in [1.165, 1.54) is 0 Å². The van der Waals surface area contributed by atoms with Gasteiger partial charge >= 0.3 is 0 Å². The standard InChI is InChI=1S/C9H6N2/c1-7-3-4-9(11-2)8(5-7)6-10/h3-5H,1H3. The Morgan fingerprint density at radius 3 is 2.82 bits per heavy atom. The summed E-state index contributed by atoms with van der Waals surface area (Å²) in [6.07, 6.45) is 0. The molecule has 2 nitrogen and oxygen atoms in total. The van der Waals surface area contributed by atoms with Crippen LogP contribution in [0.15, 0.2) is 18.2 Å². The summed E-state index contributed by atoms with van der Waals surface area (Å²) < 4.78 is 0. The van der Waals surface area contributed by atoms with Gasteiger partial charge in [0.05, 0.1) is 18.2 Å². The summed E-state index contributed by atoms with van der Waals surface area (Å²) in [6.45, 7) is 8.63. The molecule has 0 unspecified atom stereocenters. The normalized spacial score (nSPS) is 8.27. The first-order valence-electron chi connectivity index (χ1n) is 3.16. The first-order valence-corrected chi connectivity index (χ1v) is 3.16. The SMILES string of the molecule is [C-]#[N+]c1ccc(C)cc1C#N. The number of hydrogen-bond donors (Lipinski definition) is 0. The van der Waals surface area contributed by atoms with Gasteiger partial charge in [0.1, 0.15) is 0 Å². The Kier molecular flexibility index (Phi) is 1.90. The van der Waals surface area contributed by atoms with Crippen molar-refractivity contribution in [2.24, 2.45) is 0 Å². The number of benzene rings is 1. The molecule has 52 valence electrons. The minimum absolute atomic E-state index is 0.429. The van der Waals surface area contributed by atoms with Crippen LogP contribution in [0.5, 0.6) is 0 Å². The van der Waals surface area contributed by atoms with Crippen LogP contribution in [0.2, 0.25) is 0 Å². The van der Waals surface area contributed by atoms with Gasteiger partial charge in [-0.25, -0.2) is 4.85 Å². The average Bonchev–Trinajstić information content (AvgIpc) is 2.04. The summed E-state index contributed by atoms with van der Waals surface area (Å²) >= 11 is 0. The summed E-state index contributed by atoms with van der Waals surface area (Å²) in [5.74, 6) is 0. The van der Waals surface area contributed by atoms with E-state index in [0.29, 0.717) is 11.3 Å². The molecular formula is C9H6N2. The van der Waals surface area contributed by atoms with Crippen LogP contribution in [0.3, 0.4) is 0 Å². The van der Waals surface area contributed by atoms with Gasteiger partial charge in [-0.1, -0.05) is 23.8 Å². The Labute approximate surface area is 65.5 Å². The fourth-order valence-electron chi connectivity index (χ4n) is 0.837. The monoisotopic (exact) mass is 142 g/mol. The second-order valence-electron chi connectivity index (χ2n) is 2.24. The van der Waals surface area contributed by atoms with Crippen molar-refractivity contribution in [2.75, 3.05) is 0 Å². The lowest BCUT2D eigenvalue weighted by Gasteiger charge is -1.94. The topological polar surface area (TPSA) is 28.1 Å². The van der Waals surface area contributed by atoms with Gasteiger partial charge < -0.3 is 0 Å². The Balaban J connectivity index is 3.34.